The van der Waals surface area contributed by atoms with Gasteiger partial charge in [0.05, 0.1) is 13.2 Å². The first-order chi connectivity index (χ1) is 8.69. The summed E-state index contributed by atoms with van der Waals surface area (Å²) >= 11 is 0. The Morgan fingerprint density at radius 2 is 2.28 bits per heavy atom. The van der Waals surface area contributed by atoms with Crippen molar-refractivity contribution in [3.8, 4) is 11.8 Å². The second-order valence-electron chi connectivity index (χ2n) is 3.78. The molecule has 0 aliphatic carbocycles. The molecule has 96 valence electrons. The van der Waals surface area contributed by atoms with Gasteiger partial charge in [-0.05, 0) is 30.7 Å². The van der Waals surface area contributed by atoms with Gasteiger partial charge in [-0.3, -0.25) is 4.79 Å². The summed E-state index contributed by atoms with van der Waals surface area (Å²) in [6.45, 7) is 3.26. The fraction of sp³-hybridized carbons (Fsp3) is 0.357. The van der Waals surface area contributed by atoms with E-state index in [-0.39, 0.29) is 5.91 Å². The lowest BCUT2D eigenvalue weighted by Crippen LogP contribution is -2.26. The predicted octanol–water partition coefficient (Wildman–Crippen LogP) is 0.681. The molecule has 18 heavy (non-hydrogen) atoms. The summed E-state index contributed by atoms with van der Waals surface area (Å²) in [6, 6.07) is 5.42. The normalized spacial score (nSPS) is 9.50. The molecular weight excluding hydrogens is 228 g/mol. The lowest BCUT2D eigenvalue weighted by Gasteiger charge is -2.06. The number of methoxy groups -OCH3 is 1. The number of ether oxygens (including phenoxy) is 1. The minimum absolute atomic E-state index is 0.103. The average Bonchev–Trinajstić information content (AvgIpc) is 2.37. The lowest BCUT2D eigenvalue weighted by molar-refractivity contribution is 0.0937. The van der Waals surface area contributed by atoms with E-state index in [1.54, 1.807) is 13.2 Å². The second-order valence-corrected chi connectivity index (χ2v) is 3.78. The molecule has 0 unspecified atom stereocenters. The van der Waals surface area contributed by atoms with Crippen LogP contribution >= 0.6 is 0 Å². The lowest BCUT2D eigenvalue weighted by atomic mass is 10.0. The summed E-state index contributed by atoms with van der Waals surface area (Å²) in [7, 11) is 1.60. The molecule has 0 saturated heterocycles. The van der Waals surface area contributed by atoms with E-state index < -0.39 is 0 Å². The summed E-state index contributed by atoms with van der Waals surface area (Å²) in [4.78, 5) is 11.8. The molecule has 1 amide bonds. The van der Waals surface area contributed by atoms with Crippen LogP contribution < -0.4 is 11.1 Å². The summed E-state index contributed by atoms with van der Waals surface area (Å²) in [5.74, 6) is 5.66. The smallest absolute Gasteiger partial charge is 0.251 e. The van der Waals surface area contributed by atoms with Gasteiger partial charge in [-0.2, -0.15) is 0 Å². The molecule has 0 spiro atoms. The Kier molecular flexibility index (Phi) is 5.92. The molecule has 0 fully saturated rings. The predicted molar refractivity (Wildman–Crippen MR) is 71.3 cm³/mol. The van der Waals surface area contributed by atoms with Crippen LogP contribution in [0.4, 0.5) is 0 Å². The van der Waals surface area contributed by atoms with Crippen LogP contribution in [0.1, 0.15) is 21.5 Å². The van der Waals surface area contributed by atoms with Crippen molar-refractivity contribution < 1.29 is 9.53 Å². The van der Waals surface area contributed by atoms with Gasteiger partial charge in [-0.1, -0.05) is 11.8 Å². The van der Waals surface area contributed by atoms with Crippen LogP contribution in [-0.2, 0) is 4.74 Å². The van der Waals surface area contributed by atoms with Crippen LogP contribution in [0.15, 0.2) is 18.2 Å². The molecule has 1 rings (SSSR count). The second kappa shape index (κ2) is 7.49. The Morgan fingerprint density at radius 3 is 2.89 bits per heavy atom. The van der Waals surface area contributed by atoms with Crippen molar-refractivity contribution in [2.45, 2.75) is 6.92 Å². The molecule has 0 aliphatic rings. The number of carbonyl (C=O) groups excluding carboxylic acids is 1. The first-order valence-corrected chi connectivity index (χ1v) is 5.75. The van der Waals surface area contributed by atoms with Crippen LogP contribution in [0.2, 0.25) is 0 Å². The highest BCUT2D eigenvalue weighted by Crippen LogP contribution is 2.10. The van der Waals surface area contributed by atoms with Gasteiger partial charge in [-0.25, -0.2) is 0 Å². The molecule has 4 nitrogen and oxygen atoms in total. The van der Waals surface area contributed by atoms with Gasteiger partial charge < -0.3 is 15.8 Å². The number of carbonyl (C=O) groups is 1. The Labute approximate surface area is 108 Å². The summed E-state index contributed by atoms with van der Waals surface area (Å²) in [5, 5.41) is 2.77. The first kappa shape index (κ1) is 14.2. The molecule has 0 aliphatic heterocycles. The van der Waals surface area contributed by atoms with Crippen LogP contribution in [0, 0.1) is 18.8 Å². The van der Waals surface area contributed by atoms with E-state index in [4.69, 9.17) is 10.5 Å². The van der Waals surface area contributed by atoms with Crippen molar-refractivity contribution >= 4 is 5.91 Å². The average molecular weight is 246 g/mol. The first-order valence-electron chi connectivity index (χ1n) is 5.75. The molecule has 1 aromatic carbocycles. The largest absolute Gasteiger partial charge is 0.383 e. The fourth-order valence-electron chi connectivity index (χ4n) is 1.46. The van der Waals surface area contributed by atoms with Crippen molar-refractivity contribution in [3.63, 3.8) is 0 Å². The van der Waals surface area contributed by atoms with E-state index in [0.29, 0.717) is 25.3 Å². The number of hydrogen-bond acceptors (Lipinski definition) is 3. The molecule has 0 saturated carbocycles. The molecule has 0 radical (unpaired) electrons. The Hall–Kier alpha value is -1.83. The van der Waals surface area contributed by atoms with Crippen molar-refractivity contribution in [2.24, 2.45) is 5.73 Å². The van der Waals surface area contributed by atoms with E-state index in [1.165, 1.54) is 0 Å². The zero-order chi connectivity index (χ0) is 13.4. The minimum atomic E-state index is -0.103. The zero-order valence-electron chi connectivity index (χ0n) is 10.7. The Balaban J connectivity index is 2.74. The van der Waals surface area contributed by atoms with Gasteiger partial charge in [0.2, 0.25) is 0 Å². The van der Waals surface area contributed by atoms with Crippen molar-refractivity contribution in [1.29, 1.82) is 0 Å². The van der Waals surface area contributed by atoms with Crippen LogP contribution in [0.3, 0.4) is 0 Å². The maximum Gasteiger partial charge on any atom is 0.251 e. The molecule has 0 aromatic heterocycles. The van der Waals surface area contributed by atoms with Gasteiger partial charge in [-0.15, -0.1) is 0 Å². The molecule has 3 N–H and O–H groups in total. The number of rotatable bonds is 4. The van der Waals surface area contributed by atoms with Crippen molar-refractivity contribution in [2.75, 3.05) is 26.8 Å². The molecule has 0 bridgehead atoms. The highest BCUT2D eigenvalue weighted by molar-refractivity contribution is 5.94. The number of amides is 1. The number of nitrogens with two attached hydrogens (primary N) is 1. The summed E-state index contributed by atoms with van der Waals surface area (Å²) < 4.78 is 4.87. The van der Waals surface area contributed by atoms with Crippen molar-refractivity contribution in [3.05, 3.63) is 34.9 Å². The third-order valence-electron chi connectivity index (χ3n) is 2.41. The van der Waals surface area contributed by atoms with Crippen molar-refractivity contribution in [1.82, 2.24) is 5.32 Å². The van der Waals surface area contributed by atoms with Gasteiger partial charge in [0.15, 0.2) is 0 Å². The zero-order valence-corrected chi connectivity index (χ0v) is 10.7. The van der Waals surface area contributed by atoms with E-state index in [2.05, 4.69) is 17.2 Å². The SMILES string of the molecule is COCCNC(=O)c1ccc(C#CCN)c(C)c1. The van der Waals surface area contributed by atoms with E-state index in [9.17, 15) is 4.79 Å². The van der Waals surface area contributed by atoms with Gasteiger partial charge in [0.1, 0.15) is 0 Å². The van der Waals surface area contributed by atoms with Crippen LogP contribution in [0.5, 0.6) is 0 Å². The number of hydrogen-bond donors (Lipinski definition) is 2. The number of aryl methyl sites for hydroxylation is 1. The van der Waals surface area contributed by atoms with Gasteiger partial charge in [0, 0.05) is 24.8 Å². The third kappa shape index (κ3) is 4.21. The minimum Gasteiger partial charge on any atom is -0.383 e. The van der Waals surface area contributed by atoms with E-state index >= 15 is 0 Å². The number of benzene rings is 1. The standard InChI is InChI=1S/C14H18N2O2/c1-11-10-13(14(17)16-8-9-18-2)6-5-12(11)4-3-7-15/h5-6,10H,7-9,15H2,1-2H3,(H,16,17). The Morgan fingerprint density at radius 1 is 1.50 bits per heavy atom. The van der Waals surface area contributed by atoms with E-state index in [1.807, 2.05) is 19.1 Å². The maximum atomic E-state index is 11.8. The topological polar surface area (TPSA) is 64.3 Å². The molecular formula is C14H18N2O2. The fourth-order valence-corrected chi connectivity index (χ4v) is 1.46. The number of nitrogens with one attached hydrogen (secondary N) is 1. The highest BCUT2D eigenvalue weighted by atomic mass is 16.5. The maximum absolute atomic E-state index is 11.8. The molecule has 4 heteroatoms. The van der Waals surface area contributed by atoms with E-state index in [0.717, 1.165) is 11.1 Å². The molecule has 0 atom stereocenters. The van der Waals surface area contributed by atoms with Crippen LogP contribution in [0.25, 0.3) is 0 Å². The molecule has 0 heterocycles. The summed E-state index contributed by atoms with van der Waals surface area (Å²) in [6.07, 6.45) is 0. The highest BCUT2D eigenvalue weighted by Gasteiger charge is 2.06. The molecule has 1 aromatic rings. The van der Waals surface area contributed by atoms with Gasteiger partial charge in [0.25, 0.3) is 5.91 Å². The third-order valence-corrected chi connectivity index (χ3v) is 2.41. The monoisotopic (exact) mass is 246 g/mol. The van der Waals surface area contributed by atoms with Crippen LogP contribution in [-0.4, -0.2) is 32.7 Å². The van der Waals surface area contributed by atoms with Gasteiger partial charge >= 0.3 is 0 Å². The quantitative estimate of drug-likeness (QED) is 0.606. The summed E-state index contributed by atoms with van der Waals surface area (Å²) in [5.41, 5.74) is 7.81. The Bertz CT molecular complexity index is 472.